The van der Waals surface area contributed by atoms with Gasteiger partial charge in [0.1, 0.15) is 17.9 Å². The van der Waals surface area contributed by atoms with Crippen molar-refractivity contribution >= 4 is 26.8 Å². The van der Waals surface area contributed by atoms with Crippen LogP contribution < -0.4 is 0 Å². The molecule has 1 fully saturated rings. The lowest BCUT2D eigenvalue weighted by atomic mass is 9.83. The summed E-state index contributed by atoms with van der Waals surface area (Å²) in [7, 11) is -3.26. The highest BCUT2D eigenvalue weighted by Crippen LogP contribution is 2.35. The molecule has 1 aliphatic rings. The van der Waals surface area contributed by atoms with Crippen molar-refractivity contribution < 1.29 is 23.1 Å². The Morgan fingerprint density at radius 3 is 2.61 bits per heavy atom. The summed E-state index contributed by atoms with van der Waals surface area (Å²) in [6.45, 7) is 1.50. The lowest BCUT2D eigenvalue weighted by Gasteiger charge is -2.26. The van der Waals surface area contributed by atoms with Crippen molar-refractivity contribution in [3.8, 4) is 0 Å². The summed E-state index contributed by atoms with van der Waals surface area (Å²) in [6, 6.07) is 9.03. The molecule has 0 radical (unpaired) electrons. The number of hydrogen-bond donors (Lipinski definition) is 2. The van der Waals surface area contributed by atoms with Gasteiger partial charge in [0.05, 0.1) is 4.90 Å². The first kappa shape index (κ1) is 21.5. The van der Waals surface area contributed by atoms with Gasteiger partial charge < -0.3 is 14.8 Å². The topological polar surface area (TPSA) is 122 Å². The lowest BCUT2D eigenvalue weighted by molar-refractivity contribution is -0.136. The van der Waals surface area contributed by atoms with E-state index in [4.69, 9.17) is 9.84 Å². The molecule has 3 aromatic rings. The number of benzene rings is 1. The van der Waals surface area contributed by atoms with Gasteiger partial charge in [-0.3, -0.25) is 4.79 Å². The van der Waals surface area contributed by atoms with Crippen molar-refractivity contribution in [2.45, 2.75) is 36.5 Å². The molecule has 1 aliphatic heterocycles. The summed E-state index contributed by atoms with van der Waals surface area (Å²) in [6.07, 6.45) is 5.47. The first-order valence-electron chi connectivity index (χ1n) is 10.2. The predicted molar refractivity (Wildman–Crippen MR) is 115 cm³/mol. The van der Waals surface area contributed by atoms with E-state index in [-0.39, 0.29) is 18.2 Å². The van der Waals surface area contributed by atoms with Crippen LogP contribution in [0.15, 0.2) is 41.4 Å². The van der Waals surface area contributed by atoms with E-state index in [1.807, 2.05) is 18.2 Å². The van der Waals surface area contributed by atoms with Crippen LogP contribution in [-0.4, -0.2) is 53.9 Å². The van der Waals surface area contributed by atoms with Gasteiger partial charge in [0.15, 0.2) is 9.84 Å². The number of ether oxygens (including phenoxy) is 1. The molecule has 1 unspecified atom stereocenters. The molecule has 0 saturated carbocycles. The molecule has 1 aromatic carbocycles. The van der Waals surface area contributed by atoms with Gasteiger partial charge in [-0.1, -0.05) is 12.1 Å². The van der Waals surface area contributed by atoms with Crippen LogP contribution in [0.5, 0.6) is 0 Å². The second-order valence-corrected chi connectivity index (χ2v) is 10.1. The fraction of sp³-hybridized carbons (Fsp3) is 0.409. The van der Waals surface area contributed by atoms with Crippen LogP contribution in [0.2, 0.25) is 0 Å². The molecule has 1 saturated heterocycles. The molecule has 8 nitrogen and oxygen atoms in total. The van der Waals surface area contributed by atoms with Gasteiger partial charge in [0.25, 0.3) is 0 Å². The van der Waals surface area contributed by atoms with Gasteiger partial charge in [-0.25, -0.2) is 18.4 Å². The van der Waals surface area contributed by atoms with Crippen molar-refractivity contribution in [3.63, 3.8) is 0 Å². The number of aliphatic carboxylic acids is 1. The van der Waals surface area contributed by atoms with E-state index in [9.17, 15) is 13.2 Å². The molecule has 4 rings (SSSR count). The van der Waals surface area contributed by atoms with Crippen LogP contribution in [0.4, 0.5) is 0 Å². The molecular weight excluding hydrogens is 418 g/mol. The molecule has 2 N–H and O–H groups in total. The number of carboxylic acid groups (broad SMARTS) is 1. The fourth-order valence-electron chi connectivity index (χ4n) is 4.09. The highest BCUT2D eigenvalue weighted by molar-refractivity contribution is 7.90. The zero-order valence-electron chi connectivity index (χ0n) is 17.2. The summed E-state index contributed by atoms with van der Waals surface area (Å²) in [5.74, 6) is -0.205. The Balaban J connectivity index is 1.70. The van der Waals surface area contributed by atoms with E-state index >= 15 is 0 Å². The van der Waals surface area contributed by atoms with Crippen molar-refractivity contribution in [3.05, 3.63) is 53.6 Å². The maximum absolute atomic E-state index is 11.8. The Morgan fingerprint density at radius 2 is 1.97 bits per heavy atom. The molecule has 9 heteroatoms. The van der Waals surface area contributed by atoms with E-state index in [1.54, 1.807) is 18.3 Å². The van der Waals surface area contributed by atoms with Crippen molar-refractivity contribution in [2.24, 2.45) is 5.92 Å². The van der Waals surface area contributed by atoms with Crippen LogP contribution in [-0.2, 0) is 25.8 Å². The number of aromatic amines is 1. The summed E-state index contributed by atoms with van der Waals surface area (Å²) < 4.78 is 29.2. The maximum atomic E-state index is 11.8. The zero-order valence-corrected chi connectivity index (χ0v) is 18.1. The van der Waals surface area contributed by atoms with Crippen molar-refractivity contribution in [1.82, 2.24) is 15.0 Å². The monoisotopic (exact) mass is 443 g/mol. The summed E-state index contributed by atoms with van der Waals surface area (Å²) in [5.41, 5.74) is 2.57. The molecule has 0 spiro atoms. The summed E-state index contributed by atoms with van der Waals surface area (Å²) in [4.78, 5) is 23.1. The number of H-pyrrole nitrogens is 1. The third kappa shape index (κ3) is 5.11. The standard InChI is InChI=1S/C22H25N3O5S/c1-31(28,29)17-4-2-15(3-5-17)18(10-14-6-8-30-9-7-14)19-11-16-13-23-20(12-21(26)27)25-22(16)24-19/h2-5,11,13-14,18H,6-10,12H2,1H3,(H,26,27)(H,23,24,25). The molecule has 164 valence electrons. The minimum Gasteiger partial charge on any atom is -0.481 e. The van der Waals surface area contributed by atoms with Crippen LogP contribution in [0, 0.1) is 5.92 Å². The third-order valence-corrected chi connectivity index (χ3v) is 6.87. The number of hydrogen-bond acceptors (Lipinski definition) is 6. The van der Waals surface area contributed by atoms with Crippen molar-refractivity contribution in [2.75, 3.05) is 19.5 Å². The van der Waals surface area contributed by atoms with Gasteiger partial charge in [-0.05, 0) is 48.9 Å². The summed E-state index contributed by atoms with van der Waals surface area (Å²) >= 11 is 0. The highest BCUT2D eigenvalue weighted by Gasteiger charge is 2.24. The highest BCUT2D eigenvalue weighted by atomic mass is 32.2. The smallest absolute Gasteiger partial charge is 0.311 e. The third-order valence-electron chi connectivity index (χ3n) is 5.75. The van der Waals surface area contributed by atoms with Crippen LogP contribution in [0.25, 0.3) is 11.0 Å². The Labute approximate surface area is 180 Å². The van der Waals surface area contributed by atoms with Crippen LogP contribution >= 0.6 is 0 Å². The number of carboxylic acids is 1. The Morgan fingerprint density at radius 1 is 1.26 bits per heavy atom. The minimum atomic E-state index is -3.26. The molecule has 0 aliphatic carbocycles. The Kier molecular flexibility index (Phi) is 6.06. The number of fused-ring (bicyclic) bond motifs is 1. The second-order valence-electron chi connectivity index (χ2n) is 8.07. The number of nitrogens with zero attached hydrogens (tertiary/aromatic N) is 2. The fourth-order valence-corrected chi connectivity index (χ4v) is 4.72. The van der Waals surface area contributed by atoms with Crippen LogP contribution in [0.3, 0.4) is 0 Å². The number of aromatic nitrogens is 3. The predicted octanol–water partition coefficient (Wildman–Crippen LogP) is 2.94. The maximum Gasteiger partial charge on any atom is 0.311 e. The van der Waals surface area contributed by atoms with Crippen LogP contribution in [0.1, 0.15) is 42.3 Å². The first-order valence-corrected chi connectivity index (χ1v) is 12.1. The van der Waals surface area contributed by atoms with E-state index in [0.717, 1.165) is 49.1 Å². The Hall–Kier alpha value is -2.78. The second kappa shape index (κ2) is 8.76. The zero-order chi connectivity index (χ0) is 22.0. The molecule has 2 aromatic heterocycles. The van der Waals surface area contributed by atoms with Gasteiger partial charge in [0.2, 0.25) is 0 Å². The van der Waals surface area contributed by atoms with E-state index < -0.39 is 15.8 Å². The van der Waals surface area contributed by atoms with Gasteiger partial charge in [-0.15, -0.1) is 0 Å². The molecule has 0 amide bonds. The van der Waals surface area contributed by atoms with Gasteiger partial charge >= 0.3 is 5.97 Å². The molecule has 0 bridgehead atoms. The van der Waals surface area contributed by atoms with E-state index in [2.05, 4.69) is 15.0 Å². The molecule has 31 heavy (non-hydrogen) atoms. The van der Waals surface area contributed by atoms with E-state index in [0.29, 0.717) is 16.5 Å². The number of rotatable bonds is 7. The molecule has 3 heterocycles. The first-order chi connectivity index (χ1) is 14.8. The number of carbonyl (C=O) groups is 1. The molecular formula is C22H25N3O5S. The lowest BCUT2D eigenvalue weighted by Crippen LogP contribution is -2.18. The SMILES string of the molecule is CS(=O)(=O)c1ccc(C(CC2CCOCC2)c2cc3cnc(CC(=O)O)nc3[nH]2)cc1. The largest absolute Gasteiger partial charge is 0.481 e. The average molecular weight is 444 g/mol. The number of sulfone groups is 1. The quantitative estimate of drug-likeness (QED) is 0.576. The average Bonchev–Trinajstić information content (AvgIpc) is 3.15. The summed E-state index contributed by atoms with van der Waals surface area (Å²) in [5, 5.41) is 9.81. The van der Waals surface area contributed by atoms with E-state index in [1.165, 1.54) is 6.26 Å². The van der Waals surface area contributed by atoms with Gasteiger partial charge in [0, 0.05) is 42.7 Å². The molecule has 1 atom stereocenters. The van der Waals surface area contributed by atoms with Crippen molar-refractivity contribution in [1.29, 1.82) is 0 Å². The minimum absolute atomic E-state index is 0.0221. The Bertz CT molecular complexity index is 1180. The number of nitrogens with one attached hydrogen (secondary N) is 1. The normalized spacial score (nSPS) is 16.4. The van der Waals surface area contributed by atoms with Gasteiger partial charge in [-0.2, -0.15) is 0 Å².